The molecule has 1 fully saturated rings. The maximum Gasteiger partial charge on any atom is 0.262 e. The minimum absolute atomic E-state index is 0.273. The smallest absolute Gasteiger partial charge is 0.262 e. The van der Waals surface area contributed by atoms with Crippen molar-refractivity contribution in [2.45, 2.75) is 18.8 Å². The van der Waals surface area contributed by atoms with Gasteiger partial charge >= 0.3 is 0 Å². The first-order valence-corrected chi connectivity index (χ1v) is 6.28. The zero-order chi connectivity index (χ0) is 11.3. The summed E-state index contributed by atoms with van der Waals surface area (Å²) in [6, 6.07) is 4.65. The Morgan fingerprint density at radius 3 is 2.81 bits per heavy atom. The second kappa shape index (κ2) is 3.54. The summed E-state index contributed by atoms with van der Waals surface area (Å²) in [4.78, 5) is 11.9. The topological polar surface area (TPSA) is 17.1 Å². The van der Waals surface area contributed by atoms with Crippen LogP contribution in [0.5, 0.6) is 0 Å². The van der Waals surface area contributed by atoms with Crippen LogP contribution in [-0.2, 0) is 0 Å². The number of rotatable bonds is 2. The molecule has 0 bridgehead atoms. The molecular formula is C12H8ClFOS. The van der Waals surface area contributed by atoms with E-state index < -0.39 is 5.24 Å². The molecule has 0 spiro atoms. The van der Waals surface area contributed by atoms with Crippen LogP contribution in [0.2, 0.25) is 0 Å². The van der Waals surface area contributed by atoms with Crippen molar-refractivity contribution in [1.29, 1.82) is 0 Å². The van der Waals surface area contributed by atoms with E-state index in [1.807, 2.05) is 0 Å². The third-order valence-electron chi connectivity index (χ3n) is 2.85. The lowest BCUT2D eigenvalue weighted by molar-refractivity contribution is 0.108. The van der Waals surface area contributed by atoms with E-state index in [1.54, 1.807) is 6.07 Å². The average Bonchev–Trinajstić information content (AvgIpc) is 2.99. The number of halogens is 2. The molecule has 3 rings (SSSR count). The Labute approximate surface area is 101 Å². The maximum atomic E-state index is 13.1. The third kappa shape index (κ3) is 1.55. The first-order valence-electron chi connectivity index (χ1n) is 5.08. The monoisotopic (exact) mass is 254 g/mol. The van der Waals surface area contributed by atoms with Crippen molar-refractivity contribution in [2.75, 3.05) is 0 Å². The van der Waals surface area contributed by atoms with Crippen molar-refractivity contribution in [3.05, 3.63) is 34.5 Å². The molecule has 1 aromatic carbocycles. The molecule has 4 heteroatoms. The highest BCUT2D eigenvalue weighted by molar-refractivity contribution is 7.22. The number of carbonyl (C=O) groups is 1. The molecule has 0 saturated heterocycles. The van der Waals surface area contributed by atoms with Crippen LogP contribution in [0.3, 0.4) is 0 Å². The summed E-state index contributed by atoms with van der Waals surface area (Å²) in [6.45, 7) is 0. The first-order chi connectivity index (χ1) is 7.66. The molecule has 0 radical (unpaired) electrons. The largest absolute Gasteiger partial charge is 0.275 e. The molecule has 1 heterocycles. The number of hydrogen-bond acceptors (Lipinski definition) is 2. The Morgan fingerprint density at radius 1 is 1.44 bits per heavy atom. The Kier molecular flexibility index (Phi) is 2.26. The van der Waals surface area contributed by atoms with Gasteiger partial charge in [0, 0.05) is 4.70 Å². The predicted octanol–water partition coefficient (Wildman–Crippen LogP) is 4.30. The van der Waals surface area contributed by atoms with Gasteiger partial charge in [0.25, 0.3) is 5.24 Å². The first kappa shape index (κ1) is 10.2. The van der Waals surface area contributed by atoms with Gasteiger partial charge in [-0.25, -0.2) is 4.39 Å². The molecule has 0 unspecified atom stereocenters. The molecular weight excluding hydrogens is 247 g/mol. The molecule has 16 heavy (non-hydrogen) atoms. The van der Waals surface area contributed by atoms with Crippen LogP contribution in [-0.4, -0.2) is 5.24 Å². The Balaban J connectivity index is 2.32. The summed E-state index contributed by atoms with van der Waals surface area (Å²) in [5.41, 5.74) is 1.03. The number of benzene rings is 1. The highest BCUT2D eigenvalue weighted by Gasteiger charge is 2.31. The van der Waals surface area contributed by atoms with Gasteiger partial charge in [-0.3, -0.25) is 4.79 Å². The van der Waals surface area contributed by atoms with Crippen molar-refractivity contribution < 1.29 is 9.18 Å². The van der Waals surface area contributed by atoms with E-state index >= 15 is 0 Å². The van der Waals surface area contributed by atoms with Crippen LogP contribution in [0, 0.1) is 5.82 Å². The minimum Gasteiger partial charge on any atom is -0.275 e. The number of hydrogen-bond donors (Lipinski definition) is 0. The molecule has 1 saturated carbocycles. The highest BCUT2D eigenvalue weighted by Crippen LogP contribution is 2.48. The quantitative estimate of drug-likeness (QED) is 0.731. The number of carbonyl (C=O) groups excluding carboxylic acids is 1. The van der Waals surface area contributed by atoms with E-state index in [9.17, 15) is 9.18 Å². The van der Waals surface area contributed by atoms with E-state index in [2.05, 4.69) is 0 Å². The van der Waals surface area contributed by atoms with Gasteiger partial charge in [0.15, 0.2) is 0 Å². The maximum absolute atomic E-state index is 13.1. The van der Waals surface area contributed by atoms with Gasteiger partial charge in [-0.2, -0.15) is 0 Å². The summed E-state index contributed by atoms with van der Waals surface area (Å²) in [7, 11) is 0. The van der Waals surface area contributed by atoms with Crippen LogP contribution < -0.4 is 0 Å². The lowest BCUT2D eigenvalue weighted by Gasteiger charge is -1.97. The molecule has 1 aliphatic carbocycles. The van der Waals surface area contributed by atoms with Crippen molar-refractivity contribution in [2.24, 2.45) is 0 Å². The summed E-state index contributed by atoms with van der Waals surface area (Å²) in [5, 5.41) is 0.557. The zero-order valence-corrected chi connectivity index (χ0v) is 9.87. The number of thiophene rings is 1. The molecule has 0 amide bonds. The molecule has 1 aromatic heterocycles. The van der Waals surface area contributed by atoms with E-state index in [4.69, 9.17) is 11.6 Å². The molecule has 0 atom stereocenters. The average molecular weight is 255 g/mol. The van der Waals surface area contributed by atoms with Gasteiger partial charge in [-0.1, -0.05) is 6.07 Å². The number of fused-ring (bicyclic) bond motifs is 1. The van der Waals surface area contributed by atoms with E-state index in [0.717, 1.165) is 28.5 Å². The summed E-state index contributed by atoms with van der Waals surface area (Å²) >= 11 is 6.86. The second-order valence-electron chi connectivity index (χ2n) is 4.03. The van der Waals surface area contributed by atoms with Gasteiger partial charge in [0.05, 0.1) is 4.88 Å². The molecule has 1 aliphatic rings. The summed E-state index contributed by atoms with van der Waals surface area (Å²) in [5.74, 6) is 0.168. The van der Waals surface area contributed by atoms with Crippen molar-refractivity contribution in [3.63, 3.8) is 0 Å². The highest BCUT2D eigenvalue weighted by atomic mass is 35.5. The lowest BCUT2D eigenvalue weighted by atomic mass is 10.1. The van der Waals surface area contributed by atoms with E-state index in [0.29, 0.717) is 10.8 Å². The van der Waals surface area contributed by atoms with Crippen molar-refractivity contribution >= 4 is 38.3 Å². The fraction of sp³-hybridized carbons (Fsp3) is 0.250. The third-order valence-corrected chi connectivity index (χ3v) is 4.32. The minimum atomic E-state index is -0.427. The zero-order valence-electron chi connectivity index (χ0n) is 8.30. The van der Waals surface area contributed by atoms with Crippen molar-refractivity contribution in [3.8, 4) is 0 Å². The lowest BCUT2D eigenvalue weighted by Crippen LogP contribution is -1.89. The van der Waals surface area contributed by atoms with Gasteiger partial charge in [0.1, 0.15) is 5.82 Å². The van der Waals surface area contributed by atoms with Crippen LogP contribution in [0.15, 0.2) is 18.2 Å². The van der Waals surface area contributed by atoms with Gasteiger partial charge in [-0.05, 0) is 53.4 Å². The predicted molar refractivity (Wildman–Crippen MR) is 63.9 cm³/mol. The molecule has 0 N–H and O–H groups in total. The normalized spacial score (nSPS) is 15.6. The van der Waals surface area contributed by atoms with Crippen LogP contribution in [0.1, 0.15) is 34.0 Å². The Bertz CT molecular complexity index is 586. The summed E-state index contributed by atoms with van der Waals surface area (Å²) in [6.07, 6.45) is 2.20. The van der Waals surface area contributed by atoms with Crippen molar-refractivity contribution in [1.82, 2.24) is 0 Å². The van der Waals surface area contributed by atoms with Crippen LogP contribution >= 0.6 is 22.9 Å². The van der Waals surface area contributed by atoms with Gasteiger partial charge in [0.2, 0.25) is 0 Å². The fourth-order valence-corrected chi connectivity index (χ4v) is 3.38. The Morgan fingerprint density at radius 2 is 2.19 bits per heavy atom. The molecule has 82 valence electrons. The summed E-state index contributed by atoms with van der Waals surface area (Å²) < 4.78 is 13.9. The second-order valence-corrected chi connectivity index (χ2v) is 5.43. The van der Waals surface area contributed by atoms with E-state index in [1.165, 1.54) is 23.5 Å². The van der Waals surface area contributed by atoms with Crippen LogP contribution in [0.25, 0.3) is 10.1 Å². The molecule has 2 aromatic rings. The van der Waals surface area contributed by atoms with Gasteiger partial charge < -0.3 is 0 Å². The van der Waals surface area contributed by atoms with Gasteiger partial charge in [-0.15, -0.1) is 11.3 Å². The SMILES string of the molecule is O=C(Cl)c1sc2cc(F)ccc2c1C1CC1. The Hall–Kier alpha value is -0.930. The fourth-order valence-electron chi connectivity index (χ4n) is 2.01. The standard InChI is InChI=1S/C12H8ClFOS/c13-12(15)11-10(6-1-2-6)8-4-3-7(14)5-9(8)16-11/h3-6H,1-2H2. The molecule has 1 nitrogen and oxygen atoms in total. The van der Waals surface area contributed by atoms with Crippen LogP contribution in [0.4, 0.5) is 4.39 Å². The van der Waals surface area contributed by atoms with E-state index in [-0.39, 0.29) is 5.82 Å². The molecule has 0 aliphatic heterocycles.